The molecule has 1 aromatic carbocycles. The molecule has 1 fully saturated rings. The van der Waals surface area contributed by atoms with Crippen LogP contribution in [-0.2, 0) is 0 Å². The molecule has 2 aromatic heterocycles. The number of benzene rings is 1. The van der Waals surface area contributed by atoms with Gasteiger partial charge in [-0.15, -0.1) is 0 Å². The van der Waals surface area contributed by atoms with E-state index in [-0.39, 0.29) is 23.2 Å². The lowest BCUT2D eigenvalue weighted by molar-refractivity contribution is 0.0725. The van der Waals surface area contributed by atoms with Gasteiger partial charge in [0.2, 0.25) is 0 Å². The highest BCUT2D eigenvalue weighted by Gasteiger charge is 2.33. The van der Waals surface area contributed by atoms with E-state index in [1.54, 1.807) is 35.4 Å². The summed E-state index contributed by atoms with van der Waals surface area (Å²) in [5, 5.41) is 7.50. The maximum absolute atomic E-state index is 13.1. The molecular weight excluding hydrogens is 306 g/mol. The molecule has 7 heteroatoms. The minimum Gasteiger partial charge on any atom is -0.344 e. The van der Waals surface area contributed by atoms with Crippen molar-refractivity contribution in [3.8, 4) is 0 Å². The number of likely N-dealkylation sites (tertiary alicyclic amines) is 1. The van der Waals surface area contributed by atoms with Crippen LogP contribution < -0.4 is 5.56 Å². The molecule has 24 heavy (non-hydrogen) atoms. The van der Waals surface area contributed by atoms with Gasteiger partial charge in [-0.3, -0.25) is 9.59 Å². The van der Waals surface area contributed by atoms with Crippen LogP contribution >= 0.6 is 0 Å². The van der Waals surface area contributed by atoms with Gasteiger partial charge in [0.15, 0.2) is 5.69 Å². The van der Waals surface area contributed by atoms with Crippen LogP contribution in [0.25, 0.3) is 10.8 Å². The summed E-state index contributed by atoms with van der Waals surface area (Å²) in [6.07, 6.45) is 3.54. The fourth-order valence-electron chi connectivity index (χ4n) is 3.31. The number of nitrogens with zero attached hydrogens (tertiary/aromatic N) is 3. The van der Waals surface area contributed by atoms with E-state index in [0.29, 0.717) is 17.3 Å². The lowest BCUT2D eigenvalue weighted by Gasteiger charge is -2.23. The average Bonchev–Trinajstić information content (AvgIpc) is 3.23. The molecule has 1 saturated heterocycles. The summed E-state index contributed by atoms with van der Waals surface area (Å²) in [5.41, 5.74) is 0.957. The summed E-state index contributed by atoms with van der Waals surface area (Å²) in [4.78, 5) is 34.3. The van der Waals surface area contributed by atoms with E-state index in [4.69, 9.17) is 0 Å². The number of carbonyl (C=O) groups excluding carboxylic acids is 1. The standard InChI is InChI=1S/C17H17N5O2/c1-10-9-18-15(19-10)13-7-4-8-22(13)17(24)14-11-5-2-3-6-12(11)16(23)21-20-14/h2-3,5-6,9,13H,4,7-8H2,1H3,(H,18,19)(H,21,23)/t13-/m0/s1. The van der Waals surface area contributed by atoms with Crippen LogP contribution in [0.15, 0.2) is 35.3 Å². The molecule has 2 N–H and O–H groups in total. The summed E-state index contributed by atoms with van der Waals surface area (Å²) in [6, 6.07) is 6.95. The zero-order chi connectivity index (χ0) is 16.7. The fraction of sp³-hybridized carbons (Fsp3) is 0.294. The van der Waals surface area contributed by atoms with Crippen LogP contribution in [0.1, 0.15) is 40.9 Å². The van der Waals surface area contributed by atoms with Gasteiger partial charge in [0, 0.05) is 23.8 Å². The first-order chi connectivity index (χ1) is 11.6. The number of aromatic amines is 2. The number of hydrogen-bond acceptors (Lipinski definition) is 4. The summed E-state index contributed by atoms with van der Waals surface area (Å²) >= 11 is 0. The molecule has 0 bridgehead atoms. The number of aryl methyl sites for hydroxylation is 1. The molecule has 3 heterocycles. The first-order valence-electron chi connectivity index (χ1n) is 7.95. The number of carbonyl (C=O) groups is 1. The number of H-pyrrole nitrogens is 2. The zero-order valence-electron chi connectivity index (χ0n) is 13.2. The molecule has 4 rings (SSSR count). The van der Waals surface area contributed by atoms with E-state index in [1.165, 1.54) is 0 Å². The molecule has 1 atom stereocenters. The molecule has 0 saturated carbocycles. The van der Waals surface area contributed by atoms with E-state index < -0.39 is 0 Å². The molecule has 3 aromatic rings. The smallest absolute Gasteiger partial charge is 0.275 e. The zero-order valence-corrected chi connectivity index (χ0v) is 13.2. The van der Waals surface area contributed by atoms with E-state index in [9.17, 15) is 9.59 Å². The molecule has 1 amide bonds. The van der Waals surface area contributed by atoms with Crippen molar-refractivity contribution >= 4 is 16.7 Å². The number of nitrogens with one attached hydrogen (secondary N) is 2. The van der Waals surface area contributed by atoms with Gasteiger partial charge in [0.05, 0.1) is 11.4 Å². The number of rotatable bonds is 2. The lowest BCUT2D eigenvalue weighted by atomic mass is 10.1. The lowest BCUT2D eigenvalue weighted by Crippen LogP contribution is -2.32. The second-order valence-corrected chi connectivity index (χ2v) is 6.05. The Labute approximate surface area is 137 Å². The first kappa shape index (κ1) is 14.6. The van der Waals surface area contributed by atoms with Crippen molar-refractivity contribution in [3.05, 3.63) is 58.0 Å². The monoisotopic (exact) mass is 323 g/mol. The summed E-state index contributed by atoms with van der Waals surface area (Å²) < 4.78 is 0. The predicted molar refractivity (Wildman–Crippen MR) is 88.7 cm³/mol. The Morgan fingerprint density at radius 1 is 1.29 bits per heavy atom. The maximum Gasteiger partial charge on any atom is 0.275 e. The number of aromatic nitrogens is 4. The first-order valence-corrected chi connectivity index (χ1v) is 7.95. The van der Waals surface area contributed by atoms with Crippen LogP contribution in [0.4, 0.5) is 0 Å². The molecule has 0 aliphatic carbocycles. The van der Waals surface area contributed by atoms with Gasteiger partial charge in [-0.25, -0.2) is 10.1 Å². The van der Waals surface area contributed by atoms with Crippen molar-refractivity contribution in [2.24, 2.45) is 0 Å². The highest BCUT2D eigenvalue weighted by Crippen LogP contribution is 2.31. The summed E-state index contributed by atoms with van der Waals surface area (Å²) in [7, 11) is 0. The quantitative estimate of drug-likeness (QED) is 0.753. The SMILES string of the molecule is Cc1cnc([C@@H]2CCCN2C(=O)c2n[nH]c(=O)c3ccccc23)[nH]1. The second-order valence-electron chi connectivity index (χ2n) is 6.05. The Balaban J connectivity index is 1.76. The number of fused-ring (bicyclic) bond motifs is 1. The van der Waals surface area contributed by atoms with E-state index in [0.717, 1.165) is 24.4 Å². The second kappa shape index (κ2) is 5.59. The van der Waals surface area contributed by atoms with Crippen molar-refractivity contribution in [2.75, 3.05) is 6.54 Å². The molecule has 0 radical (unpaired) electrons. The third kappa shape index (κ3) is 2.29. The third-order valence-electron chi connectivity index (χ3n) is 4.45. The number of imidazole rings is 1. The van der Waals surface area contributed by atoms with Gasteiger partial charge in [-0.2, -0.15) is 5.10 Å². The summed E-state index contributed by atoms with van der Waals surface area (Å²) in [5.74, 6) is 0.617. The Morgan fingerprint density at radius 3 is 2.83 bits per heavy atom. The summed E-state index contributed by atoms with van der Waals surface area (Å²) in [6.45, 7) is 2.59. The van der Waals surface area contributed by atoms with Crippen molar-refractivity contribution in [2.45, 2.75) is 25.8 Å². The minimum absolute atomic E-state index is 0.0845. The molecule has 1 aliphatic rings. The van der Waals surface area contributed by atoms with E-state index in [1.807, 2.05) is 6.92 Å². The van der Waals surface area contributed by atoms with Crippen LogP contribution in [0.5, 0.6) is 0 Å². The minimum atomic E-state index is -0.290. The van der Waals surface area contributed by atoms with Crippen molar-refractivity contribution in [3.63, 3.8) is 0 Å². The van der Waals surface area contributed by atoms with Gasteiger partial charge >= 0.3 is 0 Å². The predicted octanol–water partition coefficient (Wildman–Crippen LogP) is 1.93. The Kier molecular flexibility index (Phi) is 3.41. The van der Waals surface area contributed by atoms with E-state index in [2.05, 4.69) is 20.2 Å². The number of hydrogen-bond donors (Lipinski definition) is 2. The van der Waals surface area contributed by atoms with Gasteiger partial charge in [-0.05, 0) is 25.8 Å². The van der Waals surface area contributed by atoms with Gasteiger partial charge in [0.25, 0.3) is 11.5 Å². The van der Waals surface area contributed by atoms with Crippen LogP contribution in [0, 0.1) is 6.92 Å². The molecule has 7 nitrogen and oxygen atoms in total. The maximum atomic E-state index is 13.1. The van der Waals surface area contributed by atoms with Crippen LogP contribution in [0.3, 0.4) is 0 Å². The molecule has 0 spiro atoms. The molecule has 122 valence electrons. The van der Waals surface area contributed by atoms with Gasteiger partial charge in [0.1, 0.15) is 5.82 Å². The van der Waals surface area contributed by atoms with E-state index >= 15 is 0 Å². The number of amides is 1. The van der Waals surface area contributed by atoms with Crippen LogP contribution in [-0.4, -0.2) is 37.5 Å². The normalized spacial score (nSPS) is 17.5. The fourth-order valence-corrected chi connectivity index (χ4v) is 3.31. The Hall–Kier alpha value is -2.96. The highest BCUT2D eigenvalue weighted by molar-refractivity contribution is 6.04. The average molecular weight is 323 g/mol. The topological polar surface area (TPSA) is 94.7 Å². The van der Waals surface area contributed by atoms with Crippen molar-refractivity contribution in [1.82, 2.24) is 25.1 Å². The third-order valence-corrected chi connectivity index (χ3v) is 4.45. The Morgan fingerprint density at radius 2 is 2.08 bits per heavy atom. The highest BCUT2D eigenvalue weighted by atomic mass is 16.2. The largest absolute Gasteiger partial charge is 0.344 e. The molecule has 1 aliphatic heterocycles. The van der Waals surface area contributed by atoms with Crippen molar-refractivity contribution in [1.29, 1.82) is 0 Å². The molecular formula is C17H17N5O2. The van der Waals surface area contributed by atoms with Gasteiger partial charge in [-0.1, -0.05) is 18.2 Å². The van der Waals surface area contributed by atoms with Gasteiger partial charge < -0.3 is 9.88 Å². The molecule has 0 unspecified atom stereocenters. The van der Waals surface area contributed by atoms with Crippen molar-refractivity contribution < 1.29 is 4.79 Å². The Bertz CT molecular complexity index is 974. The van der Waals surface area contributed by atoms with Crippen LogP contribution in [0.2, 0.25) is 0 Å².